The minimum atomic E-state index is -0.307. The number of ether oxygens (including phenoxy) is 1. The summed E-state index contributed by atoms with van der Waals surface area (Å²) in [4.78, 5) is 11.7. The Hall–Kier alpha value is -2.33. The first-order valence-corrected chi connectivity index (χ1v) is 6.97. The molecule has 4 heteroatoms. The minimum Gasteiger partial charge on any atom is -0.508 e. The van der Waals surface area contributed by atoms with Crippen molar-refractivity contribution < 1.29 is 14.6 Å². The maximum Gasteiger partial charge on any atom is 0.338 e. The quantitative estimate of drug-likeness (QED) is 0.606. The molecule has 0 spiro atoms. The van der Waals surface area contributed by atoms with Gasteiger partial charge in [-0.15, -0.1) is 0 Å². The molecule has 2 rings (SSSR count). The summed E-state index contributed by atoms with van der Waals surface area (Å²) in [5.41, 5.74) is 1.47. The Morgan fingerprint density at radius 2 is 1.71 bits per heavy atom. The highest BCUT2D eigenvalue weighted by Gasteiger charge is 2.05. The third-order valence-corrected chi connectivity index (χ3v) is 3.08. The molecule has 0 radical (unpaired) electrons. The Morgan fingerprint density at radius 1 is 1.00 bits per heavy atom. The molecule has 0 bridgehead atoms. The van der Waals surface area contributed by atoms with Crippen LogP contribution >= 0.6 is 0 Å². The lowest BCUT2D eigenvalue weighted by Gasteiger charge is -2.07. The molecule has 110 valence electrons. The SMILES string of the molecule is O=C(OCCNCCc1ccccc1O)c1ccccc1. The summed E-state index contributed by atoms with van der Waals surface area (Å²) in [6, 6.07) is 16.2. The molecule has 0 aliphatic carbocycles. The van der Waals surface area contributed by atoms with Gasteiger partial charge in [-0.25, -0.2) is 4.79 Å². The summed E-state index contributed by atoms with van der Waals surface area (Å²) in [5.74, 6) is 0.00732. The number of carbonyl (C=O) groups excluding carboxylic acids is 1. The van der Waals surface area contributed by atoms with Crippen molar-refractivity contribution in [3.63, 3.8) is 0 Å². The standard InChI is InChI=1S/C17H19NO3/c19-16-9-5-4-6-14(16)10-11-18-12-13-21-17(20)15-7-2-1-3-8-15/h1-9,18-19H,10-13H2. The van der Waals surface area contributed by atoms with Crippen LogP contribution < -0.4 is 5.32 Å². The number of carbonyl (C=O) groups is 1. The summed E-state index contributed by atoms with van der Waals surface area (Å²) in [5, 5.41) is 12.8. The second kappa shape index (κ2) is 8.07. The van der Waals surface area contributed by atoms with E-state index < -0.39 is 0 Å². The average Bonchev–Trinajstić information content (AvgIpc) is 2.53. The van der Waals surface area contributed by atoms with Gasteiger partial charge in [0, 0.05) is 6.54 Å². The van der Waals surface area contributed by atoms with E-state index in [9.17, 15) is 9.90 Å². The van der Waals surface area contributed by atoms with Gasteiger partial charge < -0.3 is 15.2 Å². The Labute approximate surface area is 124 Å². The Kier molecular flexibility index (Phi) is 5.79. The zero-order valence-corrected chi connectivity index (χ0v) is 11.8. The molecule has 4 nitrogen and oxygen atoms in total. The van der Waals surface area contributed by atoms with E-state index in [0.717, 1.165) is 18.5 Å². The van der Waals surface area contributed by atoms with Crippen LogP contribution in [0.4, 0.5) is 0 Å². The summed E-state index contributed by atoms with van der Waals surface area (Å²) >= 11 is 0. The van der Waals surface area contributed by atoms with Crippen molar-refractivity contribution >= 4 is 5.97 Å². The number of nitrogens with one attached hydrogen (secondary N) is 1. The van der Waals surface area contributed by atoms with E-state index in [0.29, 0.717) is 24.5 Å². The molecule has 0 saturated heterocycles. The number of phenolic OH excluding ortho intramolecular Hbond substituents is 1. The fraction of sp³-hybridized carbons (Fsp3) is 0.235. The number of benzene rings is 2. The van der Waals surface area contributed by atoms with E-state index in [1.807, 2.05) is 18.2 Å². The molecule has 0 heterocycles. The normalized spacial score (nSPS) is 10.3. The Balaban J connectivity index is 1.60. The van der Waals surface area contributed by atoms with Gasteiger partial charge in [0.05, 0.1) is 5.56 Å². The monoisotopic (exact) mass is 285 g/mol. The zero-order valence-electron chi connectivity index (χ0n) is 11.8. The van der Waals surface area contributed by atoms with Crippen molar-refractivity contribution in [3.05, 3.63) is 65.7 Å². The molecule has 0 fully saturated rings. The van der Waals surface area contributed by atoms with Crippen LogP contribution in [-0.2, 0) is 11.2 Å². The first-order valence-electron chi connectivity index (χ1n) is 6.97. The molecule has 2 aromatic carbocycles. The van der Waals surface area contributed by atoms with Crippen LogP contribution in [0.3, 0.4) is 0 Å². The summed E-state index contributed by atoms with van der Waals surface area (Å²) in [6.07, 6.45) is 0.735. The van der Waals surface area contributed by atoms with Crippen LogP contribution in [0, 0.1) is 0 Å². The molecule has 21 heavy (non-hydrogen) atoms. The van der Waals surface area contributed by atoms with Gasteiger partial charge in [0.15, 0.2) is 0 Å². The van der Waals surface area contributed by atoms with Crippen LogP contribution in [0.15, 0.2) is 54.6 Å². The predicted octanol–water partition coefficient (Wildman–Crippen LogP) is 2.38. The molecular weight excluding hydrogens is 266 g/mol. The zero-order chi connectivity index (χ0) is 14.9. The van der Waals surface area contributed by atoms with E-state index in [1.165, 1.54) is 0 Å². The van der Waals surface area contributed by atoms with Gasteiger partial charge in [-0.2, -0.15) is 0 Å². The highest BCUT2D eigenvalue weighted by Crippen LogP contribution is 2.15. The topological polar surface area (TPSA) is 58.6 Å². The van der Waals surface area contributed by atoms with Crippen molar-refractivity contribution in [2.24, 2.45) is 0 Å². The van der Waals surface area contributed by atoms with E-state index in [2.05, 4.69) is 5.32 Å². The number of phenols is 1. The number of esters is 1. The summed E-state index contributed by atoms with van der Waals surface area (Å²) in [6.45, 7) is 1.64. The molecule has 0 unspecified atom stereocenters. The summed E-state index contributed by atoms with van der Waals surface area (Å²) in [7, 11) is 0. The van der Waals surface area contributed by atoms with Crippen LogP contribution in [0.1, 0.15) is 15.9 Å². The Bertz CT molecular complexity index is 569. The first-order chi connectivity index (χ1) is 10.3. The van der Waals surface area contributed by atoms with E-state index >= 15 is 0 Å². The highest BCUT2D eigenvalue weighted by molar-refractivity contribution is 5.89. The number of para-hydroxylation sites is 1. The van der Waals surface area contributed by atoms with Crippen LogP contribution in [0.2, 0.25) is 0 Å². The molecule has 0 aliphatic heterocycles. The number of hydrogen-bond donors (Lipinski definition) is 2. The van der Waals surface area contributed by atoms with E-state index in [4.69, 9.17) is 4.74 Å². The lowest BCUT2D eigenvalue weighted by atomic mass is 10.1. The second-order valence-corrected chi connectivity index (χ2v) is 4.63. The third kappa shape index (κ3) is 4.93. The molecule has 0 aliphatic rings. The molecule has 0 aromatic heterocycles. The predicted molar refractivity (Wildman–Crippen MR) is 81.4 cm³/mol. The maximum absolute atomic E-state index is 11.7. The van der Waals surface area contributed by atoms with Crippen molar-refractivity contribution in [1.29, 1.82) is 0 Å². The van der Waals surface area contributed by atoms with Gasteiger partial charge in [-0.05, 0) is 36.7 Å². The lowest BCUT2D eigenvalue weighted by Crippen LogP contribution is -2.23. The smallest absolute Gasteiger partial charge is 0.338 e. The molecule has 2 N–H and O–H groups in total. The van der Waals surface area contributed by atoms with Crippen molar-refractivity contribution in [2.75, 3.05) is 19.7 Å². The van der Waals surface area contributed by atoms with E-state index in [-0.39, 0.29) is 5.97 Å². The van der Waals surface area contributed by atoms with Crippen molar-refractivity contribution in [3.8, 4) is 5.75 Å². The Morgan fingerprint density at radius 3 is 2.48 bits per heavy atom. The van der Waals surface area contributed by atoms with Gasteiger partial charge in [0.25, 0.3) is 0 Å². The molecule has 0 saturated carbocycles. The van der Waals surface area contributed by atoms with Gasteiger partial charge >= 0.3 is 5.97 Å². The molecular formula is C17H19NO3. The number of aromatic hydroxyl groups is 1. The second-order valence-electron chi connectivity index (χ2n) is 4.63. The average molecular weight is 285 g/mol. The van der Waals surface area contributed by atoms with Crippen molar-refractivity contribution in [2.45, 2.75) is 6.42 Å². The molecule has 0 amide bonds. The van der Waals surface area contributed by atoms with Gasteiger partial charge in [0.2, 0.25) is 0 Å². The number of rotatable bonds is 7. The summed E-state index contributed by atoms with van der Waals surface area (Å²) < 4.78 is 5.15. The fourth-order valence-electron chi connectivity index (χ4n) is 1.94. The molecule has 0 atom stereocenters. The minimum absolute atomic E-state index is 0.307. The van der Waals surface area contributed by atoms with Gasteiger partial charge in [-0.1, -0.05) is 36.4 Å². The molecule has 2 aromatic rings. The van der Waals surface area contributed by atoms with Gasteiger partial charge in [0.1, 0.15) is 12.4 Å². The fourth-order valence-corrected chi connectivity index (χ4v) is 1.94. The first kappa shape index (κ1) is 15.1. The van der Waals surface area contributed by atoms with E-state index in [1.54, 1.807) is 36.4 Å². The van der Waals surface area contributed by atoms with Gasteiger partial charge in [-0.3, -0.25) is 0 Å². The van der Waals surface area contributed by atoms with Crippen LogP contribution in [-0.4, -0.2) is 30.8 Å². The van der Waals surface area contributed by atoms with Crippen molar-refractivity contribution in [1.82, 2.24) is 5.32 Å². The lowest BCUT2D eigenvalue weighted by molar-refractivity contribution is 0.0509. The largest absolute Gasteiger partial charge is 0.508 e. The highest BCUT2D eigenvalue weighted by atomic mass is 16.5. The third-order valence-electron chi connectivity index (χ3n) is 3.08. The maximum atomic E-state index is 11.7. The van der Waals surface area contributed by atoms with Crippen LogP contribution in [0.25, 0.3) is 0 Å². The number of hydrogen-bond acceptors (Lipinski definition) is 4. The van der Waals surface area contributed by atoms with Crippen LogP contribution in [0.5, 0.6) is 5.75 Å².